The first-order chi connectivity index (χ1) is 8.70. The van der Waals surface area contributed by atoms with Crippen molar-refractivity contribution >= 4 is 11.3 Å². The average molecular weight is 266 g/mol. The summed E-state index contributed by atoms with van der Waals surface area (Å²) in [6, 6.07) is 5.80. The van der Waals surface area contributed by atoms with Crippen molar-refractivity contribution in [2.45, 2.75) is 52.1 Å². The lowest BCUT2D eigenvalue weighted by atomic mass is 10.1. The van der Waals surface area contributed by atoms with Gasteiger partial charge in [-0.25, -0.2) is 0 Å². The third-order valence-electron chi connectivity index (χ3n) is 3.87. The third-order valence-corrected chi connectivity index (χ3v) is 5.04. The minimum Gasteiger partial charge on any atom is -0.313 e. The Bertz CT molecular complexity index is 361. The smallest absolute Gasteiger partial charge is 0.0414 e. The van der Waals surface area contributed by atoms with E-state index in [1.807, 2.05) is 11.3 Å². The van der Waals surface area contributed by atoms with E-state index < -0.39 is 0 Å². The van der Waals surface area contributed by atoms with Crippen LogP contribution in [-0.2, 0) is 0 Å². The summed E-state index contributed by atoms with van der Waals surface area (Å²) in [5.41, 5.74) is 0. The molecular weight excluding hydrogens is 240 g/mol. The van der Waals surface area contributed by atoms with Crippen molar-refractivity contribution in [3.8, 4) is 0 Å². The summed E-state index contributed by atoms with van der Waals surface area (Å²) in [7, 11) is 0. The summed E-state index contributed by atoms with van der Waals surface area (Å²) in [4.78, 5) is 5.60. The molecule has 1 aliphatic heterocycles. The Morgan fingerprint density at radius 3 is 3.00 bits per heavy atom. The van der Waals surface area contributed by atoms with Crippen LogP contribution in [0.15, 0.2) is 12.1 Å². The van der Waals surface area contributed by atoms with Gasteiger partial charge in [0.2, 0.25) is 0 Å². The molecule has 0 aliphatic carbocycles. The van der Waals surface area contributed by atoms with E-state index in [9.17, 15) is 0 Å². The minimum absolute atomic E-state index is 0.572. The van der Waals surface area contributed by atoms with Crippen LogP contribution < -0.4 is 5.32 Å². The zero-order chi connectivity index (χ0) is 13.0. The van der Waals surface area contributed by atoms with Crippen molar-refractivity contribution < 1.29 is 0 Å². The van der Waals surface area contributed by atoms with Crippen LogP contribution in [-0.4, -0.2) is 30.6 Å². The van der Waals surface area contributed by atoms with E-state index in [4.69, 9.17) is 0 Å². The van der Waals surface area contributed by atoms with Gasteiger partial charge in [-0.3, -0.25) is 4.90 Å². The Morgan fingerprint density at radius 2 is 2.33 bits per heavy atom. The Morgan fingerprint density at radius 1 is 1.50 bits per heavy atom. The van der Waals surface area contributed by atoms with Gasteiger partial charge in [0.1, 0.15) is 0 Å². The van der Waals surface area contributed by atoms with Gasteiger partial charge in [-0.05, 0) is 45.4 Å². The Labute approximate surface area is 115 Å². The predicted molar refractivity (Wildman–Crippen MR) is 80.4 cm³/mol. The number of aryl methyl sites for hydroxylation is 1. The predicted octanol–water partition coefficient (Wildman–Crippen LogP) is 3.58. The molecule has 1 fully saturated rings. The van der Waals surface area contributed by atoms with Crippen LogP contribution in [0.4, 0.5) is 0 Å². The molecule has 1 aromatic heterocycles. The van der Waals surface area contributed by atoms with Gasteiger partial charge in [-0.15, -0.1) is 11.3 Å². The number of thiophene rings is 1. The number of nitrogens with zero attached hydrogens (tertiary/aromatic N) is 1. The molecule has 102 valence electrons. The fraction of sp³-hybridized carbons (Fsp3) is 0.733. The van der Waals surface area contributed by atoms with Gasteiger partial charge in [0.05, 0.1) is 0 Å². The normalized spacial score (nSPS) is 23.8. The van der Waals surface area contributed by atoms with E-state index in [-0.39, 0.29) is 0 Å². The fourth-order valence-electron chi connectivity index (χ4n) is 2.78. The van der Waals surface area contributed by atoms with Gasteiger partial charge in [0.25, 0.3) is 0 Å². The lowest BCUT2D eigenvalue weighted by Crippen LogP contribution is -2.38. The van der Waals surface area contributed by atoms with Gasteiger partial charge in [-0.1, -0.05) is 13.3 Å². The number of hydrogen-bond acceptors (Lipinski definition) is 3. The molecule has 2 nitrogen and oxygen atoms in total. The lowest BCUT2D eigenvalue weighted by Gasteiger charge is -2.29. The molecule has 2 unspecified atom stereocenters. The number of nitrogens with one attached hydrogen (secondary N) is 1. The molecule has 2 rings (SSSR count). The highest BCUT2D eigenvalue weighted by Crippen LogP contribution is 2.28. The van der Waals surface area contributed by atoms with Gasteiger partial charge >= 0.3 is 0 Å². The molecule has 2 atom stereocenters. The van der Waals surface area contributed by atoms with Gasteiger partial charge in [0.15, 0.2) is 0 Å². The van der Waals surface area contributed by atoms with E-state index in [1.54, 1.807) is 0 Å². The lowest BCUT2D eigenvalue weighted by molar-refractivity contribution is 0.206. The molecular formula is C15H26N2S. The molecule has 1 saturated heterocycles. The SMILES string of the molecule is CCCC1CN(C(C)c2ccc(C)s2)CCCN1. The Hall–Kier alpha value is -0.380. The zero-order valence-electron chi connectivity index (χ0n) is 11.9. The molecule has 0 radical (unpaired) electrons. The van der Waals surface area contributed by atoms with Crippen molar-refractivity contribution in [2.24, 2.45) is 0 Å². The molecule has 0 bridgehead atoms. The minimum atomic E-state index is 0.572. The topological polar surface area (TPSA) is 15.3 Å². The molecule has 1 aromatic rings. The van der Waals surface area contributed by atoms with Crippen molar-refractivity contribution in [1.29, 1.82) is 0 Å². The summed E-state index contributed by atoms with van der Waals surface area (Å²) in [6.45, 7) is 10.4. The Balaban J connectivity index is 2.01. The van der Waals surface area contributed by atoms with Crippen molar-refractivity contribution in [1.82, 2.24) is 10.2 Å². The van der Waals surface area contributed by atoms with Gasteiger partial charge in [0, 0.05) is 34.9 Å². The molecule has 3 heteroatoms. The number of hydrogen-bond donors (Lipinski definition) is 1. The van der Waals surface area contributed by atoms with Crippen molar-refractivity contribution in [2.75, 3.05) is 19.6 Å². The molecule has 0 aromatic carbocycles. The van der Waals surface area contributed by atoms with Crippen LogP contribution in [0.3, 0.4) is 0 Å². The maximum absolute atomic E-state index is 3.69. The maximum atomic E-state index is 3.69. The molecule has 0 spiro atoms. The Kier molecular flexibility index (Phi) is 5.22. The van der Waals surface area contributed by atoms with E-state index in [2.05, 4.69) is 43.1 Å². The summed E-state index contributed by atoms with van der Waals surface area (Å²) >= 11 is 1.95. The second-order valence-electron chi connectivity index (χ2n) is 5.41. The van der Waals surface area contributed by atoms with Gasteiger partial charge < -0.3 is 5.32 Å². The highest BCUT2D eigenvalue weighted by Gasteiger charge is 2.22. The van der Waals surface area contributed by atoms with E-state index in [0.717, 1.165) is 0 Å². The van der Waals surface area contributed by atoms with Crippen LogP contribution in [0.25, 0.3) is 0 Å². The molecule has 1 N–H and O–H groups in total. The van der Waals surface area contributed by atoms with Crippen molar-refractivity contribution in [3.63, 3.8) is 0 Å². The standard InChI is InChI=1S/C15H26N2S/c1-4-6-14-11-17(10-5-9-16-14)13(3)15-8-7-12(2)18-15/h7-8,13-14,16H,4-6,9-11H2,1-3H3. The summed E-state index contributed by atoms with van der Waals surface area (Å²) in [5, 5.41) is 3.69. The van der Waals surface area contributed by atoms with Crippen LogP contribution in [0.5, 0.6) is 0 Å². The van der Waals surface area contributed by atoms with E-state index in [0.29, 0.717) is 12.1 Å². The second kappa shape index (κ2) is 6.69. The highest BCUT2D eigenvalue weighted by molar-refractivity contribution is 7.12. The quantitative estimate of drug-likeness (QED) is 0.896. The van der Waals surface area contributed by atoms with Crippen LogP contribution in [0.1, 0.15) is 48.9 Å². The maximum Gasteiger partial charge on any atom is 0.0414 e. The molecule has 0 saturated carbocycles. The number of rotatable bonds is 4. The van der Waals surface area contributed by atoms with E-state index >= 15 is 0 Å². The molecule has 2 heterocycles. The fourth-order valence-corrected chi connectivity index (χ4v) is 3.74. The van der Waals surface area contributed by atoms with Crippen LogP contribution >= 0.6 is 11.3 Å². The summed E-state index contributed by atoms with van der Waals surface area (Å²) < 4.78 is 0. The van der Waals surface area contributed by atoms with Crippen LogP contribution in [0.2, 0.25) is 0 Å². The first kappa shape index (κ1) is 14.0. The molecule has 18 heavy (non-hydrogen) atoms. The third kappa shape index (κ3) is 3.56. The molecule has 0 amide bonds. The summed E-state index contributed by atoms with van der Waals surface area (Å²) in [6.07, 6.45) is 3.85. The average Bonchev–Trinajstić information content (AvgIpc) is 2.65. The molecule has 1 aliphatic rings. The summed E-state index contributed by atoms with van der Waals surface area (Å²) in [5.74, 6) is 0. The van der Waals surface area contributed by atoms with Gasteiger partial charge in [-0.2, -0.15) is 0 Å². The largest absolute Gasteiger partial charge is 0.313 e. The van der Waals surface area contributed by atoms with Crippen molar-refractivity contribution in [3.05, 3.63) is 21.9 Å². The monoisotopic (exact) mass is 266 g/mol. The first-order valence-electron chi connectivity index (χ1n) is 7.24. The van der Waals surface area contributed by atoms with Crippen LogP contribution in [0, 0.1) is 6.92 Å². The highest BCUT2D eigenvalue weighted by atomic mass is 32.1. The second-order valence-corrected chi connectivity index (χ2v) is 6.73. The zero-order valence-corrected chi connectivity index (χ0v) is 12.7. The van der Waals surface area contributed by atoms with E-state index in [1.165, 1.54) is 48.7 Å². The first-order valence-corrected chi connectivity index (χ1v) is 8.06.